The fraction of sp³-hybridized carbons (Fsp3) is 0.231. The monoisotopic (exact) mass is 282 g/mol. The molecular weight excluding hydrogens is 273 g/mol. The summed E-state index contributed by atoms with van der Waals surface area (Å²) in [5.41, 5.74) is 0.130. The van der Waals surface area contributed by atoms with Gasteiger partial charge in [-0.25, -0.2) is 0 Å². The van der Waals surface area contributed by atoms with Crippen LogP contribution in [0, 0.1) is 0 Å². The van der Waals surface area contributed by atoms with E-state index in [1.807, 2.05) is 0 Å². The summed E-state index contributed by atoms with van der Waals surface area (Å²) in [5, 5.41) is 2.47. The fourth-order valence-corrected chi connectivity index (χ4v) is 2.41. The topological polar surface area (TPSA) is 62.0 Å². The normalized spacial score (nSPS) is 19.6. The van der Waals surface area contributed by atoms with Crippen LogP contribution < -0.4 is 5.32 Å². The second-order valence-electron chi connectivity index (χ2n) is 4.67. The van der Waals surface area contributed by atoms with E-state index in [0.29, 0.717) is 16.5 Å². The zero-order valence-corrected chi connectivity index (χ0v) is 10.0. The summed E-state index contributed by atoms with van der Waals surface area (Å²) < 4.78 is 38.2. The van der Waals surface area contributed by atoms with Crippen molar-refractivity contribution in [2.45, 2.75) is 18.5 Å². The Morgan fingerprint density at radius 1 is 1.20 bits per heavy atom. The predicted molar refractivity (Wildman–Crippen MR) is 63.8 cm³/mol. The molecule has 1 fully saturated rings. The first-order valence-electron chi connectivity index (χ1n) is 5.88. The molecule has 3 rings (SSSR count). The molecule has 1 unspecified atom stereocenters. The number of aromatic nitrogens is 1. The van der Waals surface area contributed by atoms with Crippen molar-refractivity contribution in [1.29, 1.82) is 0 Å². The Kier molecular flexibility index (Phi) is 2.60. The van der Waals surface area contributed by atoms with Gasteiger partial charge in [0.1, 0.15) is 0 Å². The van der Waals surface area contributed by atoms with Crippen molar-refractivity contribution in [3.8, 4) is 0 Å². The Hall–Kier alpha value is -2.31. The molecule has 7 heteroatoms. The van der Waals surface area contributed by atoms with E-state index in [1.54, 1.807) is 0 Å². The van der Waals surface area contributed by atoms with Gasteiger partial charge in [0.05, 0.1) is 11.5 Å². The van der Waals surface area contributed by atoms with Crippen LogP contribution in [0.5, 0.6) is 0 Å². The minimum absolute atomic E-state index is 0.0397. The zero-order chi connectivity index (χ0) is 14.5. The highest BCUT2D eigenvalue weighted by Gasteiger charge is 2.35. The molecule has 20 heavy (non-hydrogen) atoms. The van der Waals surface area contributed by atoms with Crippen LogP contribution in [-0.2, 0) is 15.8 Å². The number of alkyl halides is 3. The number of hydrogen-bond donors (Lipinski definition) is 2. The molecule has 2 heterocycles. The SMILES string of the molecule is O=C1CC(c2c[nH]c3ccc(C(F)(F)F)cc23)C(=O)N1. The number of rotatable bonds is 1. The standard InChI is InChI=1S/C13H9F3N2O2/c14-13(15,16)6-1-2-10-7(3-6)9(5-17-10)8-4-11(19)18-12(8)20/h1-3,5,8,17H,4H2,(H,18,19,20). The number of fused-ring (bicyclic) bond motifs is 1. The lowest BCUT2D eigenvalue weighted by molar-refractivity contribution is -0.137. The molecule has 1 atom stereocenters. The number of imide groups is 1. The molecule has 0 radical (unpaired) electrons. The molecule has 0 aliphatic carbocycles. The summed E-state index contributed by atoms with van der Waals surface area (Å²) in [7, 11) is 0. The first kappa shape index (κ1) is 12.7. The third-order valence-electron chi connectivity index (χ3n) is 3.39. The van der Waals surface area contributed by atoms with Gasteiger partial charge in [0.15, 0.2) is 0 Å². The van der Waals surface area contributed by atoms with Crippen molar-refractivity contribution < 1.29 is 22.8 Å². The van der Waals surface area contributed by atoms with Crippen LogP contribution in [0.15, 0.2) is 24.4 Å². The van der Waals surface area contributed by atoms with Crippen LogP contribution in [0.25, 0.3) is 10.9 Å². The first-order chi connectivity index (χ1) is 9.36. The minimum atomic E-state index is -4.45. The largest absolute Gasteiger partial charge is 0.416 e. The van der Waals surface area contributed by atoms with Gasteiger partial charge < -0.3 is 4.98 Å². The van der Waals surface area contributed by atoms with Crippen LogP contribution in [0.1, 0.15) is 23.5 Å². The van der Waals surface area contributed by atoms with Crippen molar-refractivity contribution in [2.75, 3.05) is 0 Å². The van der Waals surface area contributed by atoms with E-state index in [2.05, 4.69) is 10.3 Å². The molecule has 104 valence electrons. The smallest absolute Gasteiger partial charge is 0.361 e. The van der Waals surface area contributed by atoms with Crippen LogP contribution >= 0.6 is 0 Å². The Morgan fingerprint density at radius 3 is 2.55 bits per heavy atom. The minimum Gasteiger partial charge on any atom is -0.361 e. The number of carbonyl (C=O) groups is 2. The molecule has 0 spiro atoms. The van der Waals surface area contributed by atoms with E-state index in [-0.39, 0.29) is 6.42 Å². The van der Waals surface area contributed by atoms with Gasteiger partial charge in [0, 0.05) is 23.5 Å². The van der Waals surface area contributed by atoms with Gasteiger partial charge in [0.2, 0.25) is 11.8 Å². The van der Waals surface area contributed by atoms with Gasteiger partial charge in [-0.2, -0.15) is 13.2 Å². The zero-order valence-electron chi connectivity index (χ0n) is 10.0. The molecule has 1 aromatic carbocycles. The molecule has 4 nitrogen and oxygen atoms in total. The summed E-state index contributed by atoms with van der Waals surface area (Å²) in [4.78, 5) is 25.7. The lowest BCUT2D eigenvalue weighted by atomic mass is 9.96. The lowest BCUT2D eigenvalue weighted by Gasteiger charge is -2.08. The third-order valence-corrected chi connectivity index (χ3v) is 3.39. The second kappa shape index (κ2) is 4.09. The molecule has 1 aromatic heterocycles. The number of aromatic amines is 1. The van der Waals surface area contributed by atoms with Gasteiger partial charge in [-0.15, -0.1) is 0 Å². The van der Waals surface area contributed by atoms with Gasteiger partial charge in [-0.3, -0.25) is 14.9 Å². The molecular formula is C13H9F3N2O2. The maximum Gasteiger partial charge on any atom is 0.416 e. The summed E-state index contributed by atoms with van der Waals surface area (Å²) in [6.07, 6.45) is -3.01. The first-order valence-corrected chi connectivity index (χ1v) is 5.88. The molecule has 1 saturated heterocycles. The predicted octanol–water partition coefficient (Wildman–Crippen LogP) is 2.32. The molecule has 1 aliphatic rings. The van der Waals surface area contributed by atoms with Crippen molar-refractivity contribution in [1.82, 2.24) is 10.3 Å². The summed E-state index contributed by atoms with van der Waals surface area (Å²) in [6.45, 7) is 0. The average Bonchev–Trinajstić information content (AvgIpc) is 2.90. The molecule has 0 saturated carbocycles. The Balaban J connectivity index is 2.12. The quantitative estimate of drug-likeness (QED) is 0.788. The number of benzene rings is 1. The highest BCUT2D eigenvalue weighted by Crippen LogP contribution is 2.35. The Bertz CT molecular complexity index is 718. The van der Waals surface area contributed by atoms with Crippen LogP contribution in [0.3, 0.4) is 0 Å². The van der Waals surface area contributed by atoms with E-state index < -0.39 is 29.5 Å². The number of halogens is 3. The maximum absolute atomic E-state index is 12.7. The summed E-state index contributed by atoms with van der Waals surface area (Å²) in [5.74, 6) is -1.63. The number of amides is 2. The lowest BCUT2D eigenvalue weighted by Crippen LogP contribution is -2.21. The van der Waals surface area contributed by atoms with Crippen molar-refractivity contribution >= 4 is 22.7 Å². The Morgan fingerprint density at radius 2 is 1.95 bits per heavy atom. The van der Waals surface area contributed by atoms with Gasteiger partial charge >= 0.3 is 6.18 Å². The highest BCUT2D eigenvalue weighted by atomic mass is 19.4. The van der Waals surface area contributed by atoms with Crippen LogP contribution in [-0.4, -0.2) is 16.8 Å². The number of H-pyrrole nitrogens is 1. The van der Waals surface area contributed by atoms with Crippen molar-refractivity contribution in [3.05, 3.63) is 35.5 Å². The van der Waals surface area contributed by atoms with E-state index in [0.717, 1.165) is 12.1 Å². The molecule has 0 bridgehead atoms. The van der Waals surface area contributed by atoms with E-state index in [9.17, 15) is 22.8 Å². The van der Waals surface area contributed by atoms with E-state index in [4.69, 9.17) is 0 Å². The van der Waals surface area contributed by atoms with E-state index >= 15 is 0 Å². The maximum atomic E-state index is 12.7. The van der Waals surface area contributed by atoms with Gasteiger partial charge in [-0.1, -0.05) is 0 Å². The summed E-state index contributed by atoms with van der Waals surface area (Å²) in [6, 6.07) is 3.29. The fourth-order valence-electron chi connectivity index (χ4n) is 2.41. The number of carbonyl (C=O) groups excluding carboxylic acids is 2. The van der Waals surface area contributed by atoms with Crippen molar-refractivity contribution in [3.63, 3.8) is 0 Å². The van der Waals surface area contributed by atoms with Crippen molar-refractivity contribution in [2.24, 2.45) is 0 Å². The summed E-state index contributed by atoms with van der Waals surface area (Å²) >= 11 is 0. The average molecular weight is 282 g/mol. The van der Waals surface area contributed by atoms with E-state index in [1.165, 1.54) is 12.3 Å². The van der Waals surface area contributed by atoms with Gasteiger partial charge in [-0.05, 0) is 23.8 Å². The van der Waals surface area contributed by atoms with Crippen LogP contribution in [0.4, 0.5) is 13.2 Å². The molecule has 2 N–H and O–H groups in total. The number of nitrogens with one attached hydrogen (secondary N) is 2. The molecule has 2 aromatic rings. The van der Waals surface area contributed by atoms with Gasteiger partial charge in [0.25, 0.3) is 0 Å². The second-order valence-corrected chi connectivity index (χ2v) is 4.67. The highest BCUT2D eigenvalue weighted by molar-refractivity contribution is 6.07. The Labute approximate surface area is 111 Å². The number of hydrogen-bond acceptors (Lipinski definition) is 2. The molecule has 1 aliphatic heterocycles. The van der Waals surface area contributed by atoms with Crippen LogP contribution in [0.2, 0.25) is 0 Å². The third kappa shape index (κ3) is 1.95. The molecule has 2 amide bonds.